The Hall–Kier alpha value is -3.28. The number of anilines is 2. The minimum Gasteiger partial charge on any atom is -0.350 e. The van der Waals surface area contributed by atoms with E-state index >= 15 is 0 Å². The number of carbonyl (C=O) groups excluding carboxylic acids is 1. The molecule has 1 amide bonds. The second-order valence-electron chi connectivity index (χ2n) is 5.85. The summed E-state index contributed by atoms with van der Waals surface area (Å²) in [6, 6.07) is 15.8. The van der Waals surface area contributed by atoms with E-state index in [2.05, 4.69) is 20.6 Å². The molecule has 0 aliphatic carbocycles. The average molecular weight is 350 g/mol. The molecule has 3 rings (SSSR count). The number of rotatable bonds is 6. The van der Waals surface area contributed by atoms with E-state index in [1.165, 1.54) is 12.3 Å². The van der Waals surface area contributed by atoms with E-state index in [1.54, 1.807) is 24.3 Å². The highest BCUT2D eigenvalue weighted by Gasteiger charge is 2.09. The van der Waals surface area contributed by atoms with E-state index < -0.39 is 0 Å². The van der Waals surface area contributed by atoms with Crippen LogP contribution in [0.25, 0.3) is 0 Å². The first-order valence-electron chi connectivity index (χ1n) is 8.30. The quantitative estimate of drug-likeness (QED) is 0.712. The third kappa shape index (κ3) is 4.63. The van der Waals surface area contributed by atoms with Crippen molar-refractivity contribution in [2.75, 3.05) is 11.9 Å². The van der Waals surface area contributed by atoms with Crippen LogP contribution in [0.2, 0.25) is 0 Å². The zero-order chi connectivity index (χ0) is 18.4. The number of aromatic nitrogens is 2. The molecule has 6 heteroatoms. The number of amides is 1. The largest absolute Gasteiger partial charge is 0.350 e. The number of nitrogens with zero attached hydrogens (tertiary/aromatic N) is 2. The maximum Gasteiger partial charge on any atom is 0.270 e. The molecule has 0 radical (unpaired) electrons. The van der Waals surface area contributed by atoms with Gasteiger partial charge in [0, 0.05) is 18.4 Å². The van der Waals surface area contributed by atoms with E-state index in [4.69, 9.17) is 0 Å². The van der Waals surface area contributed by atoms with Crippen molar-refractivity contribution in [3.05, 3.63) is 83.4 Å². The highest BCUT2D eigenvalue weighted by molar-refractivity contribution is 5.92. The van der Waals surface area contributed by atoms with Gasteiger partial charge in [-0.15, -0.1) is 0 Å². The lowest BCUT2D eigenvalue weighted by molar-refractivity contribution is 0.0949. The number of aryl methyl sites for hydroxylation is 1. The van der Waals surface area contributed by atoms with Gasteiger partial charge >= 0.3 is 0 Å². The smallest absolute Gasteiger partial charge is 0.270 e. The second kappa shape index (κ2) is 8.20. The molecule has 26 heavy (non-hydrogen) atoms. The topological polar surface area (TPSA) is 66.9 Å². The van der Waals surface area contributed by atoms with Crippen LogP contribution in [0.3, 0.4) is 0 Å². The first-order chi connectivity index (χ1) is 12.6. The van der Waals surface area contributed by atoms with Crippen LogP contribution >= 0.6 is 0 Å². The zero-order valence-corrected chi connectivity index (χ0v) is 14.4. The Bertz CT molecular complexity index is 896. The molecule has 132 valence electrons. The van der Waals surface area contributed by atoms with E-state index in [0.29, 0.717) is 24.5 Å². The van der Waals surface area contributed by atoms with Gasteiger partial charge in [0.1, 0.15) is 11.5 Å². The van der Waals surface area contributed by atoms with Crippen molar-refractivity contribution in [1.82, 2.24) is 15.3 Å². The highest BCUT2D eigenvalue weighted by atomic mass is 19.1. The summed E-state index contributed by atoms with van der Waals surface area (Å²) >= 11 is 0. The standard InChI is InChI=1S/C20H19FN4O/c1-14-6-8-16(9-7-14)24-20-23-13-11-18(25-20)19(26)22-12-10-15-4-2-3-5-17(15)21/h2-9,11,13H,10,12H2,1H3,(H,22,26)(H,23,24,25). The van der Waals surface area contributed by atoms with Crippen molar-refractivity contribution in [1.29, 1.82) is 0 Å². The van der Waals surface area contributed by atoms with E-state index in [0.717, 1.165) is 11.3 Å². The van der Waals surface area contributed by atoms with Gasteiger partial charge in [-0.25, -0.2) is 14.4 Å². The van der Waals surface area contributed by atoms with Gasteiger partial charge in [-0.1, -0.05) is 35.9 Å². The fraction of sp³-hybridized carbons (Fsp3) is 0.150. The molecule has 0 aliphatic heterocycles. The van der Waals surface area contributed by atoms with Gasteiger partial charge in [0.15, 0.2) is 0 Å². The van der Waals surface area contributed by atoms with E-state index in [-0.39, 0.29) is 17.4 Å². The number of hydrogen-bond acceptors (Lipinski definition) is 4. The normalized spacial score (nSPS) is 10.4. The lowest BCUT2D eigenvalue weighted by Gasteiger charge is -2.08. The Morgan fingerprint density at radius 3 is 2.62 bits per heavy atom. The summed E-state index contributed by atoms with van der Waals surface area (Å²) in [4.78, 5) is 20.6. The molecule has 0 unspecified atom stereocenters. The molecule has 0 spiro atoms. The van der Waals surface area contributed by atoms with Crippen molar-refractivity contribution in [3.8, 4) is 0 Å². The van der Waals surface area contributed by atoms with Gasteiger partial charge < -0.3 is 10.6 Å². The van der Waals surface area contributed by atoms with Crippen LogP contribution in [0.15, 0.2) is 60.8 Å². The number of nitrogens with one attached hydrogen (secondary N) is 2. The van der Waals surface area contributed by atoms with Gasteiger partial charge in [0.25, 0.3) is 5.91 Å². The van der Waals surface area contributed by atoms with Gasteiger partial charge in [0.05, 0.1) is 0 Å². The minimum atomic E-state index is -0.323. The second-order valence-corrected chi connectivity index (χ2v) is 5.85. The summed E-state index contributed by atoms with van der Waals surface area (Å²) in [5.74, 6) is -0.250. The Morgan fingerprint density at radius 1 is 1.08 bits per heavy atom. The lowest BCUT2D eigenvalue weighted by Crippen LogP contribution is -2.27. The van der Waals surface area contributed by atoms with Crippen molar-refractivity contribution < 1.29 is 9.18 Å². The van der Waals surface area contributed by atoms with Crippen LogP contribution in [-0.4, -0.2) is 22.4 Å². The SMILES string of the molecule is Cc1ccc(Nc2nccc(C(=O)NCCc3ccccc3F)n2)cc1. The van der Waals surface area contributed by atoms with Crippen LogP contribution in [0, 0.1) is 12.7 Å². The maximum absolute atomic E-state index is 13.6. The summed E-state index contributed by atoms with van der Waals surface area (Å²) < 4.78 is 13.6. The van der Waals surface area contributed by atoms with Gasteiger partial charge in [-0.2, -0.15) is 0 Å². The Labute approximate surface area is 151 Å². The monoisotopic (exact) mass is 350 g/mol. The Morgan fingerprint density at radius 2 is 1.85 bits per heavy atom. The van der Waals surface area contributed by atoms with Crippen molar-refractivity contribution >= 4 is 17.5 Å². The molecule has 2 N–H and O–H groups in total. The summed E-state index contributed by atoms with van der Waals surface area (Å²) in [6.45, 7) is 2.33. The van der Waals surface area contributed by atoms with Crippen molar-refractivity contribution in [2.45, 2.75) is 13.3 Å². The molecule has 3 aromatic rings. The first kappa shape index (κ1) is 17.5. The summed E-state index contributed by atoms with van der Waals surface area (Å²) in [6.07, 6.45) is 1.94. The van der Waals surface area contributed by atoms with Gasteiger partial charge in [0.2, 0.25) is 5.95 Å². The van der Waals surface area contributed by atoms with Crippen LogP contribution in [-0.2, 0) is 6.42 Å². The zero-order valence-electron chi connectivity index (χ0n) is 14.4. The molecule has 0 saturated heterocycles. The first-order valence-corrected chi connectivity index (χ1v) is 8.30. The van der Waals surface area contributed by atoms with E-state index in [9.17, 15) is 9.18 Å². The van der Waals surface area contributed by atoms with Gasteiger partial charge in [-0.3, -0.25) is 4.79 Å². The van der Waals surface area contributed by atoms with Crippen LogP contribution in [0.4, 0.5) is 16.0 Å². The lowest BCUT2D eigenvalue weighted by atomic mass is 10.1. The number of halogens is 1. The molecule has 1 heterocycles. The molecule has 0 saturated carbocycles. The van der Waals surface area contributed by atoms with Gasteiger partial charge in [-0.05, 0) is 43.2 Å². The summed E-state index contributed by atoms with van der Waals surface area (Å²) in [5, 5.41) is 5.81. The molecular formula is C20H19FN4O. The van der Waals surface area contributed by atoms with Crippen LogP contribution in [0.5, 0.6) is 0 Å². The highest BCUT2D eigenvalue weighted by Crippen LogP contribution is 2.13. The molecule has 1 aromatic heterocycles. The molecule has 0 bridgehead atoms. The van der Waals surface area contributed by atoms with E-state index in [1.807, 2.05) is 31.2 Å². The Balaban J connectivity index is 1.59. The number of carbonyl (C=O) groups is 1. The Kier molecular flexibility index (Phi) is 5.53. The molecule has 5 nitrogen and oxygen atoms in total. The predicted molar refractivity (Wildman–Crippen MR) is 98.9 cm³/mol. The predicted octanol–water partition coefficient (Wildman–Crippen LogP) is 3.64. The molecular weight excluding hydrogens is 331 g/mol. The minimum absolute atomic E-state index is 0.253. The van der Waals surface area contributed by atoms with Crippen molar-refractivity contribution in [3.63, 3.8) is 0 Å². The number of hydrogen-bond donors (Lipinski definition) is 2. The summed E-state index contributed by atoms with van der Waals surface area (Å²) in [7, 11) is 0. The van der Waals surface area contributed by atoms with Crippen molar-refractivity contribution in [2.24, 2.45) is 0 Å². The third-order valence-corrected chi connectivity index (χ3v) is 3.83. The van der Waals surface area contributed by atoms with Crippen LogP contribution in [0.1, 0.15) is 21.6 Å². The molecule has 0 fully saturated rings. The average Bonchev–Trinajstić information content (AvgIpc) is 2.65. The molecule has 0 aliphatic rings. The molecule has 2 aromatic carbocycles. The molecule has 0 atom stereocenters. The van der Waals surface area contributed by atoms with Crippen LogP contribution < -0.4 is 10.6 Å². The maximum atomic E-state index is 13.6. The number of benzene rings is 2. The fourth-order valence-electron chi connectivity index (χ4n) is 2.41. The third-order valence-electron chi connectivity index (χ3n) is 3.83. The fourth-order valence-corrected chi connectivity index (χ4v) is 2.41. The summed E-state index contributed by atoms with van der Waals surface area (Å²) in [5.41, 5.74) is 2.81.